The topological polar surface area (TPSA) is 6.48 Å². The largest absolute Gasteiger partial charge is 0.338 e. The molecule has 2 aliphatic carbocycles. The highest BCUT2D eigenvalue weighted by atomic mass is 15.2. The summed E-state index contributed by atoms with van der Waals surface area (Å²) in [6.45, 7) is 55.9. The maximum atomic E-state index is 2.56. The third-order valence-corrected chi connectivity index (χ3v) is 28.6. The monoisotopic (exact) mass is 1580 g/mol. The second-order valence-corrected chi connectivity index (χ2v) is 37.3. The van der Waals surface area contributed by atoms with Crippen LogP contribution in [-0.2, 0) is 10.8 Å². The molecule has 2 heterocycles. The Balaban J connectivity index is 0.000000162. The first kappa shape index (κ1) is 93.7. The summed E-state index contributed by atoms with van der Waals surface area (Å²) in [4.78, 5) is 5.11. The smallest absolute Gasteiger partial charge is 0.0449 e. The van der Waals surface area contributed by atoms with E-state index in [0.29, 0.717) is 58.4 Å². The number of para-hydroxylation sites is 4. The highest BCUT2D eigenvalue weighted by Crippen LogP contribution is 2.55. The Morgan fingerprint density at radius 3 is 1.19 bits per heavy atom. The summed E-state index contributed by atoms with van der Waals surface area (Å²) >= 11 is 0. The molecule has 0 amide bonds. The molecule has 2 heteroatoms. The average Bonchev–Trinajstić information content (AvgIpc) is 1.61. The number of fused-ring (bicyclic) bond motifs is 4. The zero-order chi connectivity index (χ0) is 85.4. The summed E-state index contributed by atoms with van der Waals surface area (Å²) in [7, 11) is 0. The molecule has 0 N–H and O–H groups in total. The molecule has 2 aliphatic heterocycles. The quantitative estimate of drug-likeness (QED) is 0.0533. The van der Waals surface area contributed by atoms with E-state index in [1.165, 1.54) is 194 Å². The fourth-order valence-electron chi connectivity index (χ4n) is 22.9. The molecular formula is C116H158N2. The standard InChI is InChI=1S/2C23H32.2C19H23N.2C16H24/c1-7-10-21(23-18(4)13-9-14-19(23)5)15-20(6)22-16(2)11-8-12-17(22)3;1-7-8-15-21(23-18(4)13-10-14-19(23)5)20(6)22-16(2)11-9-12-17(22)3;1-3-4-13-18-15(2)17-12-8-9-14-19(17)20(18)16-10-6-5-7-11-16;1-3-10-18-16(4-2)17-13-8-9-14-19(17)20(18)15-11-6-5-7-12-15;1-5-6-10-14-12(2)13-9-7-8-11-15(13)16(14,3)4;1-5-9-14-12(6-2)13-10-7-8-11-15(13)16(14,3)4/h8-9,11-14,20-21H,7,10,15H2,1-6H3;9-14,20-21H,7-8,15H2,1-6H3;5-12,14-15,18H,3-4,13H2,1-2H3;5-9,11-14,16,18H,3-4,10H2,1-2H3;7-9,11-12,14H,5-6,10H2,1-4H3;7-8,10-12,14H,5-6,9H2,1-4H3/t2*20-,21?;15-,18?;;12-,14?;/m001.1./s1. The molecule has 0 aromatic heterocycles. The molecule has 632 valence electrons. The van der Waals surface area contributed by atoms with Crippen LogP contribution in [0.1, 0.15) is 374 Å². The molecule has 118 heavy (non-hydrogen) atoms. The maximum absolute atomic E-state index is 2.56. The summed E-state index contributed by atoms with van der Waals surface area (Å²) < 4.78 is 0. The number of aryl methyl sites for hydroxylation is 8. The maximum Gasteiger partial charge on any atom is 0.0449 e. The molecule has 0 saturated heterocycles. The van der Waals surface area contributed by atoms with E-state index >= 15 is 0 Å². The van der Waals surface area contributed by atoms with Crippen molar-refractivity contribution in [3.8, 4) is 0 Å². The van der Waals surface area contributed by atoms with E-state index in [0.717, 1.165) is 23.7 Å². The molecule has 10 aromatic rings. The van der Waals surface area contributed by atoms with Gasteiger partial charge in [0.15, 0.2) is 0 Å². The van der Waals surface area contributed by atoms with Gasteiger partial charge in [0.05, 0.1) is 0 Å². The van der Waals surface area contributed by atoms with E-state index in [2.05, 4.69) is 406 Å². The Labute approximate surface area is 722 Å². The normalized spacial score (nSPS) is 19.8. The van der Waals surface area contributed by atoms with Crippen LogP contribution >= 0.6 is 0 Å². The number of unbranched alkanes of at least 4 members (excludes halogenated alkanes) is 3. The van der Waals surface area contributed by atoms with Gasteiger partial charge in [-0.05, 0) is 308 Å². The lowest BCUT2D eigenvalue weighted by Gasteiger charge is -2.31. The van der Waals surface area contributed by atoms with Crippen LogP contribution in [0.4, 0.5) is 22.7 Å². The minimum absolute atomic E-state index is 0.366. The van der Waals surface area contributed by atoms with E-state index in [-0.39, 0.29) is 0 Å². The molecule has 0 radical (unpaired) electrons. The summed E-state index contributed by atoms with van der Waals surface area (Å²) in [5, 5.41) is 0. The molecule has 10 aromatic carbocycles. The number of hydrogen-bond acceptors (Lipinski definition) is 2. The first-order valence-corrected chi connectivity index (χ1v) is 47.1. The van der Waals surface area contributed by atoms with Gasteiger partial charge in [0.2, 0.25) is 0 Å². The van der Waals surface area contributed by atoms with Crippen molar-refractivity contribution in [2.45, 2.75) is 352 Å². The Bertz CT molecular complexity index is 4580. The van der Waals surface area contributed by atoms with Crippen LogP contribution in [0.15, 0.2) is 231 Å². The number of benzene rings is 10. The van der Waals surface area contributed by atoms with Gasteiger partial charge < -0.3 is 9.80 Å². The van der Waals surface area contributed by atoms with Gasteiger partial charge in [0, 0.05) is 46.7 Å². The van der Waals surface area contributed by atoms with Crippen molar-refractivity contribution >= 4 is 22.7 Å². The first-order valence-electron chi connectivity index (χ1n) is 47.1. The number of anilines is 4. The molecule has 0 spiro atoms. The van der Waals surface area contributed by atoms with Gasteiger partial charge in [-0.3, -0.25) is 0 Å². The average molecular weight is 1580 g/mol. The Kier molecular flexibility index (Phi) is 35.6. The predicted octanol–water partition coefficient (Wildman–Crippen LogP) is 34.8. The number of hydrogen-bond donors (Lipinski definition) is 0. The molecule has 2 nitrogen and oxygen atoms in total. The van der Waals surface area contributed by atoms with Gasteiger partial charge in [0.1, 0.15) is 0 Å². The van der Waals surface area contributed by atoms with Crippen molar-refractivity contribution in [1.82, 2.24) is 0 Å². The predicted molar refractivity (Wildman–Crippen MR) is 520 cm³/mol. The Morgan fingerprint density at radius 1 is 0.314 bits per heavy atom. The van der Waals surface area contributed by atoms with E-state index in [1.807, 2.05) is 0 Å². The van der Waals surface area contributed by atoms with Gasteiger partial charge in [-0.1, -0.05) is 363 Å². The lowest BCUT2D eigenvalue weighted by Crippen LogP contribution is -2.29. The van der Waals surface area contributed by atoms with Crippen molar-refractivity contribution in [3.63, 3.8) is 0 Å². The molecule has 12 atom stereocenters. The third-order valence-electron chi connectivity index (χ3n) is 28.6. The van der Waals surface area contributed by atoms with Crippen LogP contribution in [0.5, 0.6) is 0 Å². The zero-order valence-corrected chi connectivity index (χ0v) is 78.5. The second kappa shape index (κ2) is 44.9. The van der Waals surface area contributed by atoms with Gasteiger partial charge in [0.25, 0.3) is 0 Å². The van der Waals surface area contributed by atoms with Crippen molar-refractivity contribution in [2.75, 3.05) is 9.80 Å². The summed E-state index contributed by atoms with van der Waals surface area (Å²) in [5.41, 5.74) is 33.4. The third kappa shape index (κ3) is 21.9. The van der Waals surface area contributed by atoms with E-state index in [4.69, 9.17) is 0 Å². The first-order chi connectivity index (χ1) is 56.8. The van der Waals surface area contributed by atoms with Crippen LogP contribution in [0.2, 0.25) is 0 Å². The van der Waals surface area contributed by atoms with Crippen molar-refractivity contribution in [3.05, 3.63) is 331 Å². The van der Waals surface area contributed by atoms with Crippen LogP contribution in [0.25, 0.3) is 0 Å². The van der Waals surface area contributed by atoms with Crippen molar-refractivity contribution in [1.29, 1.82) is 0 Å². The van der Waals surface area contributed by atoms with Crippen LogP contribution < -0.4 is 9.80 Å². The number of nitrogens with zero attached hydrogens (tertiary/aromatic N) is 2. The van der Waals surface area contributed by atoms with E-state index in [9.17, 15) is 0 Å². The summed E-state index contributed by atoms with van der Waals surface area (Å²) in [6.07, 6.45) is 23.1. The second-order valence-electron chi connectivity index (χ2n) is 37.3. The fraction of sp³-hybridized carbons (Fsp3) is 0.483. The summed E-state index contributed by atoms with van der Waals surface area (Å²) in [6, 6.07) is 85.7. The minimum atomic E-state index is 0.366. The van der Waals surface area contributed by atoms with E-state index < -0.39 is 0 Å². The van der Waals surface area contributed by atoms with Crippen LogP contribution in [0.3, 0.4) is 0 Å². The summed E-state index contributed by atoms with van der Waals surface area (Å²) in [5.74, 6) is 6.87. The highest BCUT2D eigenvalue weighted by Gasteiger charge is 2.46. The number of rotatable bonds is 26. The molecular weight excluding hydrogens is 1420 g/mol. The Hall–Kier alpha value is -8.20. The Morgan fingerprint density at radius 2 is 0.712 bits per heavy atom. The molecule has 14 rings (SSSR count). The van der Waals surface area contributed by atoms with Crippen LogP contribution in [-0.4, -0.2) is 12.1 Å². The molecule has 0 saturated carbocycles. The zero-order valence-electron chi connectivity index (χ0n) is 78.5. The molecule has 4 aliphatic rings. The minimum Gasteiger partial charge on any atom is -0.338 e. The molecule has 8 unspecified atom stereocenters. The molecule has 0 bridgehead atoms. The lowest BCUT2D eigenvalue weighted by molar-refractivity contribution is 0.277. The SMILES string of the molecule is CCCC(C[C@H](C)c1c(C)cccc1C)c1c(C)cccc1C.CCCC1C(CC)c2ccccc2C1(C)C.CCCC1C(CC)c2ccccc2N1c1ccccc1.CCCCC(c1c(C)cccc1C)[C@H](C)c1c(C)cccc1C.CCCCC1[C@H](C)c2ccccc2C1(C)C.CCCCC1[C@H](C)c2ccccc2N1c1ccccc1. The van der Waals surface area contributed by atoms with Crippen LogP contribution in [0, 0.1) is 67.2 Å². The van der Waals surface area contributed by atoms with Gasteiger partial charge in [-0.2, -0.15) is 0 Å². The fourth-order valence-corrected chi connectivity index (χ4v) is 22.9. The van der Waals surface area contributed by atoms with E-state index in [1.54, 1.807) is 44.5 Å². The lowest BCUT2D eigenvalue weighted by atomic mass is 9.73. The van der Waals surface area contributed by atoms with Crippen molar-refractivity contribution < 1.29 is 0 Å². The van der Waals surface area contributed by atoms with Crippen molar-refractivity contribution in [2.24, 2.45) is 11.8 Å². The van der Waals surface area contributed by atoms with Gasteiger partial charge in [-0.25, -0.2) is 0 Å². The van der Waals surface area contributed by atoms with Gasteiger partial charge >= 0.3 is 0 Å². The highest BCUT2D eigenvalue weighted by molar-refractivity contribution is 5.74. The molecule has 0 fully saturated rings. The van der Waals surface area contributed by atoms with Gasteiger partial charge in [-0.15, -0.1) is 0 Å².